The second-order valence-corrected chi connectivity index (χ2v) is 4.62. The Labute approximate surface area is 80.1 Å². The number of hydrogen-bond acceptors (Lipinski definition) is 1. The molecule has 13 heavy (non-hydrogen) atoms. The molecule has 0 saturated heterocycles. The first-order valence-electron chi connectivity index (χ1n) is 5.58. The summed E-state index contributed by atoms with van der Waals surface area (Å²) in [5.74, 6) is 1.42. The van der Waals surface area contributed by atoms with Gasteiger partial charge in [0, 0.05) is 12.0 Å². The highest BCUT2D eigenvalue weighted by Gasteiger charge is 2.32. The van der Waals surface area contributed by atoms with Crippen LogP contribution in [0.15, 0.2) is 0 Å². The quantitative estimate of drug-likeness (QED) is 0.709. The van der Waals surface area contributed by atoms with Crippen molar-refractivity contribution in [1.82, 2.24) is 5.32 Å². The average Bonchev–Trinajstić information content (AvgIpc) is 2.81. The van der Waals surface area contributed by atoms with E-state index in [1.807, 2.05) is 0 Å². The van der Waals surface area contributed by atoms with Gasteiger partial charge in [0.25, 0.3) is 0 Å². The molecule has 2 saturated carbocycles. The van der Waals surface area contributed by atoms with E-state index in [0.717, 1.165) is 18.8 Å². The number of carbonyl (C=O) groups excluding carboxylic acids is 1. The van der Waals surface area contributed by atoms with Crippen LogP contribution in [-0.4, -0.2) is 11.9 Å². The van der Waals surface area contributed by atoms with Crippen LogP contribution in [-0.2, 0) is 4.79 Å². The molecule has 2 rings (SSSR count). The lowest BCUT2D eigenvalue weighted by Gasteiger charge is -2.20. The Hall–Kier alpha value is -0.530. The zero-order valence-corrected chi connectivity index (χ0v) is 8.38. The fraction of sp³-hybridized carbons (Fsp3) is 0.909. The molecule has 0 radical (unpaired) electrons. The van der Waals surface area contributed by atoms with Gasteiger partial charge in [-0.25, -0.2) is 0 Å². The molecule has 0 unspecified atom stereocenters. The first kappa shape index (κ1) is 9.04. The van der Waals surface area contributed by atoms with Gasteiger partial charge >= 0.3 is 0 Å². The minimum atomic E-state index is 0.305. The van der Waals surface area contributed by atoms with Crippen molar-refractivity contribution in [2.24, 2.45) is 11.8 Å². The minimum Gasteiger partial charge on any atom is -0.353 e. The fourth-order valence-electron chi connectivity index (χ4n) is 2.26. The zero-order chi connectivity index (χ0) is 9.26. The number of nitrogens with one attached hydrogen (secondary N) is 1. The highest BCUT2D eigenvalue weighted by molar-refractivity contribution is 5.81. The third kappa shape index (κ3) is 2.23. The van der Waals surface area contributed by atoms with Crippen molar-refractivity contribution in [2.75, 3.05) is 0 Å². The Bertz CT molecular complexity index is 192. The fourth-order valence-corrected chi connectivity index (χ4v) is 2.26. The van der Waals surface area contributed by atoms with Gasteiger partial charge in [0.05, 0.1) is 0 Å². The van der Waals surface area contributed by atoms with Crippen LogP contribution < -0.4 is 5.32 Å². The van der Waals surface area contributed by atoms with Crippen LogP contribution in [0.1, 0.15) is 45.4 Å². The molecule has 0 bridgehead atoms. The molecule has 1 atom stereocenters. The third-order valence-electron chi connectivity index (χ3n) is 3.43. The Balaban J connectivity index is 1.75. The lowest BCUT2D eigenvalue weighted by atomic mass is 10.00. The van der Waals surface area contributed by atoms with E-state index in [1.165, 1.54) is 25.7 Å². The zero-order valence-electron chi connectivity index (χ0n) is 8.38. The maximum Gasteiger partial charge on any atom is 0.223 e. The molecular formula is C11H19NO. The van der Waals surface area contributed by atoms with Crippen LogP contribution >= 0.6 is 0 Å². The first-order valence-corrected chi connectivity index (χ1v) is 5.58. The van der Waals surface area contributed by atoms with Gasteiger partial charge in [0.15, 0.2) is 0 Å². The Kier molecular flexibility index (Phi) is 2.56. The van der Waals surface area contributed by atoms with E-state index in [4.69, 9.17) is 0 Å². The predicted octanol–water partition coefficient (Wildman–Crippen LogP) is 2.09. The molecule has 2 aliphatic rings. The smallest absolute Gasteiger partial charge is 0.223 e. The molecule has 0 spiro atoms. The second-order valence-electron chi connectivity index (χ2n) is 4.62. The van der Waals surface area contributed by atoms with Gasteiger partial charge in [-0.1, -0.05) is 12.8 Å². The maximum atomic E-state index is 11.5. The summed E-state index contributed by atoms with van der Waals surface area (Å²) in [6.45, 7) is 2.16. The van der Waals surface area contributed by atoms with Gasteiger partial charge in [-0.05, 0) is 38.5 Å². The number of amides is 1. The van der Waals surface area contributed by atoms with E-state index < -0.39 is 0 Å². The summed E-state index contributed by atoms with van der Waals surface area (Å²) in [5.41, 5.74) is 0. The van der Waals surface area contributed by atoms with Gasteiger partial charge in [-0.2, -0.15) is 0 Å². The van der Waals surface area contributed by atoms with E-state index in [2.05, 4.69) is 12.2 Å². The van der Waals surface area contributed by atoms with Crippen molar-refractivity contribution in [1.29, 1.82) is 0 Å². The summed E-state index contributed by atoms with van der Waals surface area (Å²) in [6.07, 6.45) is 7.56. The summed E-state index contributed by atoms with van der Waals surface area (Å²) in [5, 5.41) is 3.14. The molecule has 74 valence electrons. The monoisotopic (exact) mass is 181 g/mol. The number of hydrogen-bond donors (Lipinski definition) is 1. The molecule has 1 N–H and O–H groups in total. The van der Waals surface area contributed by atoms with Gasteiger partial charge in [0.1, 0.15) is 0 Å². The van der Waals surface area contributed by atoms with Crippen LogP contribution in [0.3, 0.4) is 0 Å². The molecule has 0 aromatic carbocycles. The summed E-state index contributed by atoms with van der Waals surface area (Å²) in [4.78, 5) is 11.5. The largest absolute Gasteiger partial charge is 0.353 e. The Morgan fingerprint density at radius 1 is 1.23 bits per heavy atom. The lowest BCUT2D eigenvalue weighted by Crippen LogP contribution is -2.38. The van der Waals surface area contributed by atoms with E-state index >= 15 is 0 Å². The van der Waals surface area contributed by atoms with Crippen molar-refractivity contribution in [3.8, 4) is 0 Å². The molecule has 1 amide bonds. The standard InChI is InChI=1S/C11H19NO/c1-8(9-4-2-3-5-9)12-11(13)10-6-7-10/h8-10H,2-7H2,1H3,(H,12,13)/t8-/m0/s1. The van der Waals surface area contributed by atoms with Crippen molar-refractivity contribution in [3.05, 3.63) is 0 Å². The van der Waals surface area contributed by atoms with Crippen LogP contribution in [0, 0.1) is 11.8 Å². The highest BCUT2D eigenvalue weighted by atomic mass is 16.2. The number of rotatable bonds is 3. The molecular weight excluding hydrogens is 162 g/mol. The molecule has 0 aromatic rings. The first-order chi connectivity index (χ1) is 6.27. The molecule has 2 aliphatic carbocycles. The minimum absolute atomic E-state index is 0.305. The van der Waals surface area contributed by atoms with Gasteiger partial charge in [-0.3, -0.25) is 4.79 Å². The maximum absolute atomic E-state index is 11.5. The van der Waals surface area contributed by atoms with Gasteiger partial charge < -0.3 is 5.32 Å². The van der Waals surface area contributed by atoms with E-state index in [9.17, 15) is 4.79 Å². The van der Waals surface area contributed by atoms with Crippen molar-refractivity contribution in [2.45, 2.75) is 51.5 Å². The average molecular weight is 181 g/mol. The summed E-state index contributed by atoms with van der Waals surface area (Å²) >= 11 is 0. The van der Waals surface area contributed by atoms with Crippen molar-refractivity contribution >= 4 is 5.91 Å². The van der Waals surface area contributed by atoms with Gasteiger partial charge in [0.2, 0.25) is 5.91 Å². The summed E-state index contributed by atoms with van der Waals surface area (Å²) in [6, 6.07) is 0.413. The summed E-state index contributed by atoms with van der Waals surface area (Å²) in [7, 11) is 0. The van der Waals surface area contributed by atoms with Crippen LogP contribution in [0.5, 0.6) is 0 Å². The second kappa shape index (κ2) is 3.69. The van der Waals surface area contributed by atoms with Crippen LogP contribution in [0.25, 0.3) is 0 Å². The SMILES string of the molecule is C[C@H](NC(=O)C1CC1)C1CCCC1. The molecule has 2 heteroatoms. The Morgan fingerprint density at radius 2 is 1.85 bits per heavy atom. The highest BCUT2D eigenvalue weighted by Crippen LogP contribution is 2.31. The van der Waals surface area contributed by atoms with Crippen LogP contribution in [0.2, 0.25) is 0 Å². The predicted molar refractivity (Wildman–Crippen MR) is 52.3 cm³/mol. The molecule has 2 fully saturated rings. The Morgan fingerprint density at radius 3 is 2.38 bits per heavy atom. The normalized spacial score (nSPS) is 25.9. The van der Waals surface area contributed by atoms with E-state index in [-0.39, 0.29) is 0 Å². The van der Waals surface area contributed by atoms with E-state index in [1.54, 1.807) is 0 Å². The van der Waals surface area contributed by atoms with Crippen LogP contribution in [0.4, 0.5) is 0 Å². The topological polar surface area (TPSA) is 29.1 Å². The number of carbonyl (C=O) groups is 1. The van der Waals surface area contributed by atoms with Crippen molar-refractivity contribution in [3.63, 3.8) is 0 Å². The lowest BCUT2D eigenvalue weighted by molar-refractivity contribution is -0.123. The van der Waals surface area contributed by atoms with Crippen molar-refractivity contribution < 1.29 is 4.79 Å². The molecule has 0 aliphatic heterocycles. The molecule has 0 aromatic heterocycles. The van der Waals surface area contributed by atoms with E-state index in [0.29, 0.717) is 17.9 Å². The molecule has 2 nitrogen and oxygen atoms in total. The third-order valence-corrected chi connectivity index (χ3v) is 3.43. The van der Waals surface area contributed by atoms with Gasteiger partial charge in [-0.15, -0.1) is 0 Å². The summed E-state index contributed by atoms with van der Waals surface area (Å²) < 4.78 is 0. The molecule has 0 heterocycles.